The number of hydrogen-bond acceptors (Lipinski definition) is 3. The highest BCUT2D eigenvalue weighted by molar-refractivity contribution is 5.85. The molecule has 0 bridgehead atoms. The SMILES string of the molecule is Cl.N[C@H]1COC[C@@H]1O. The van der Waals surface area contributed by atoms with Crippen molar-refractivity contribution < 1.29 is 9.84 Å². The third kappa shape index (κ3) is 1.59. The molecule has 2 atom stereocenters. The molecule has 0 aromatic carbocycles. The molecule has 50 valence electrons. The first-order valence-electron chi connectivity index (χ1n) is 2.32. The van der Waals surface area contributed by atoms with E-state index < -0.39 is 6.10 Å². The van der Waals surface area contributed by atoms with Crippen LogP contribution in [-0.4, -0.2) is 30.5 Å². The van der Waals surface area contributed by atoms with E-state index in [1.54, 1.807) is 0 Å². The molecular weight excluding hydrogens is 130 g/mol. The van der Waals surface area contributed by atoms with Crippen LogP contribution in [0.2, 0.25) is 0 Å². The molecule has 3 N–H and O–H groups in total. The monoisotopic (exact) mass is 139 g/mol. The molecule has 8 heavy (non-hydrogen) atoms. The van der Waals surface area contributed by atoms with Gasteiger partial charge in [0.05, 0.1) is 25.4 Å². The molecule has 0 spiro atoms. The van der Waals surface area contributed by atoms with Crippen LogP contribution in [-0.2, 0) is 4.74 Å². The van der Waals surface area contributed by atoms with Crippen molar-refractivity contribution in [2.75, 3.05) is 13.2 Å². The zero-order valence-corrected chi connectivity index (χ0v) is 5.23. The first-order chi connectivity index (χ1) is 3.30. The van der Waals surface area contributed by atoms with Crippen molar-refractivity contribution in [3.05, 3.63) is 0 Å². The minimum atomic E-state index is -0.431. The maximum absolute atomic E-state index is 8.75. The van der Waals surface area contributed by atoms with E-state index in [4.69, 9.17) is 15.6 Å². The van der Waals surface area contributed by atoms with Gasteiger partial charge in [-0.05, 0) is 0 Å². The highest BCUT2D eigenvalue weighted by Crippen LogP contribution is 2.00. The molecule has 0 saturated carbocycles. The van der Waals surface area contributed by atoms with Crippen molar-refractivity contribution in [2.24, 2.45) is 5.73 Å². The van der Waals surface area contributed by atoms with Gasteiger partial charge in [-0.2, -0.15) is 0 Å². The van der Waals surface area contributed by atoms with Crippen molar-refractivity contribution in [3.63, 3.8) is 0 Å². The van der Waals surface area contributed by atoms with Gasteiger partial charge in [-0.25, -0.2) is 0 Å². The molecule has 1 aliphatic rings. The third-order valence-electron chi connectivity index (χ3n) is 1.09. The van der Waals surface area contributed by atoms with E-state index in [0.717, 1.165) is 0 Å². The van der Waals surface area contributed by atoms with E-state index >= 15 is 0 Å². The summed E-state index contributed by atoms with van der Waals surface area (Å²) in [5.41, 5.74) is 5.30. The maximum Gasteiger partial charge on any atom is 0.0946 e. The fourth-order valence-corrected chi connectivity index (χ4v) is 0.560. The summed E-state index contributed by atoms with van der Waals surface area (Å²) >= 11 is 0. The van der Waals surface area contributed by atoms with Crippen LogP contribution >= 0.6 is 12.4 Å². The number of halogens is 1. The standard InChI is InChI=1S/C4H9NO2.ClH/c5-3-1-7-2-4(3)6;/h3-4,6H,1-2,5H2;1H/t3-,4-;/m0./s1. The topological polar surface area (TPSA) is 55.5 Å². The second-order valence-corrected chi connectivity index (χ2v) is 1.77. The van der Waals surface area contributed by atoms with Gasteiger partial charge in [0.15, 0.2) is 0 Å². The molecule has 3 nitrogen and oxygen atoms in total. The van der Waals surface area contributed by atoms with Gasteiger partial charge in [-0.3, -0.25) is 0 Å². The van der Waals surface area contributed by atoms with E-state index in [0.29, 0.717) is 13.2 Å². The highest BCUT2D eigenvalue weighted by Gasteiger charge is 2.21. The maximum atomic E-state index is 8.75. The minimum Gasteiger partial charge on any atom is -0.389 e. The summed E-state index contributed by atoms with van der Waals surface area (Å²) in [7, 11) is 0. The molecule has 1 rings (SSSR count). The zero-order chi connectivity index (χ0) is 5.28. The van der Waals surface area contributed by atoms with Gasteiger partial charge in [-0.15, -0.1) is 12.4 Å². The molecule has 1 aliphatic heterocycles. The summed E-state index contributed by atoms with van der Waals surface area (Å²) in [6.07, 6.45) is -0.431. The normalized spacial score (nSPS) is 36.8. The molecule has 0 aromatic rings. The Labute approximate surface area is 54.2 Å². The first kappa shape index (κ1) is 8.17. The molecule has 1 fully saturated rings. The van der Waals surface area contributed by atoms with E-state index in [1.807, 2.05) is 0 Å². The van der Waals surface area contributed by atoms with E-state index in [-0.39, 0.29) is 18.4 Å². The Hall–Kier alpha value is 0.170. The van der Waals surface area contributed by atoms with Crippen LogP contribution in [0.1, 0.15) is 0 Å². The predicted molar refractivity (Wildman–Crippen MR) is 32.0 cm³/mol. The lowest BCUT2D eigenvalue weighted by Gasteiger charge is -2.01. The van der Waals surface area contributed by atoms with Crippen LogP contribution in [0.5, 0.6) is 0 Å². The van der Waals surface area contributed by atoms with Crippen molar-refractivity contribution in [1.29, 1.82) is 0 Å². The lowest BCUT2D eigenvalue weighted by atomic mass is 10.2. The number of nitrogens with two attached hydrogens (primary N) is 1. The Balaban J connectivity index is 0.000000490. The number of ether oxygens (including phenoxy) is 1. The number of aliphatic hydroxyl groups is 1. The quantitative estimate of drug-likeness (QED) is 0.459. The Bertz CT molecular complexity index is 63.1. The average Bonchev–Trinajstić information content (AvgIpc) is 1.91. The van der Waals surface area contributed by atoms with Crippen molar-refractivity contribution in [1.82, 2.24) is 0 Å². The number of aliphatic hydroxyl groups excluding tert-OH is 1. The highest BCUT2D eigenvalue weighted by atomic mass is 35.5. The van der Waals surface area contributed by atoms with Crippen LogP contribution in [0.4, 0.5) is 0 Å². The third-order valence-corrected chi connectivity index (χ3v) is 1.09. The fraction of sp³-hybridized carbons (Fsp3) is 1.00. The molecule has 0 unspecified atom stereocenters. The molecule has 0 amide bonds. The van der Waals surface area contributed by atoms with Gasteiger partial charge >= 0.3 is 0 Å². The summed E-state index contributed by atoms with van der Waals surface area (Å²) in [6, 6.07) is -0.153. The summed E-state index contributed by atoms with van der Waals surface area (Å²) in [5, 5.41) is 8.75. The predicted octanol–water partition coefficient (Wildman–Crippen LogP) is -0.873. The molecule has 1 saturated heterocycles. The molecule has 4 heteroatoms. The van der Waals surface area contributed by atoms with E-state index in [1.165, 1.54) is 0 Å². The molecule has 0 radical (unpaired) electrons. The Morgan fingerprint density at radius 1 is 1.50 bits per heavy atom. The Morgan fingerprint density at radius 3 is 2.25 bits per heavy atom. The average molecular weight is 140 g/mol. The molecular formula is C4H10ClNO2. The van der Waals surface area contributed by atoms with Gasteiger partial charge in [0.25, 0.3) is 0 Å². The van der Waals surface area contributed by atoms with Gasteiger partial charge in [0.1, 0.15) is 0 Å². The lowest BCUT2D eigenvalue weighted by Crippen LogP contribution is -2.32. The Morgan fingerprint density at radius 2 is 2.12 bits per heavy atom. The molecule has 0 aromatic heterocycles. The summed E-state index contributed by atoms with van der Waals surface area (Å²) in [4.78, 5) is 0. The van der Waals surface area contributed by atoms with Crippen molar-refractivity contribution in [2.45, 2.75) is 12.1 Å². The van der Waals surface area contributed by atoms with Crippen LogP contribution in [0.15, 0.2) is 0 Å². The van der Waals surface area contributed by atoms with Gasteiger partial charge in [0, 0.05) is 0 Å². The first-order valence-corrected chi connectivity index (χ1v) is 2.32. The van der Waals surface area contributed by atoms with Gasteiger partial charge < -0.3 is 15.6 Å². The summed E-state index contributed by atoms with van der Waals surface area (Å²) < 4.78 is 4.79. The number of hydrogen-bond donors (Lipinski definition) is 2. The van der Waals surface area contributed by atoms with Gasteiger partial charge in [0.2, 0.25) is 0 Å². The zero-order valence-electron chi connectivity index (χ0n) is 4.41. The molecule has 1 heterocycles. The minimum absolute atomic E-state index is 0. The number of rotatable bonds is 0. The van der Waals surface area contributed by atoms with Gasteiger partial charge in [-0.1, -0.05) is 0 Å². The van der Waals surface area contributed by atoms with Crippen LogP contribution < -0.4 is 5.73 Å². The van der Waals surface area contributed by atoms with Crippen LogP contribution in [0, 0.1) is 0 Å². The smallest absolute Gasteiger partial charge is 0.0946 e. The van der Waals surface area contributed by atoms with Crippen LogP contribution in [0.25, 0.3) is 0 Å². The Kier molecular flexibility index (Phi) is 3.31. The second-order valence-electron chi connectivity index (χ2n) is 1.77. The van der Waals surface area contributed by atoms with Crippen molar-refractivity contribution in [3.8, 4) is 0 Å². The molecule has 0 aliphatic carbocycles. The van der Waals surface area contributed by atoms with Crippen molar-refractivity contribution >= 4 is 12.4 Å². The van der Waals surface area contributed by atoms with Crippen LogP contribution in [0.3, 0.4) is 0 Å². The summed E-state index contributed by atoms with van der Waals surface area (Å²) in [5.74, 6) is 0. The lowest BCUT2D eigenvalue weighted by molar-refractivity contribution is 0.125. The summed E-state index contributed by atoms with van der Waals surface area (Å²) in [6.45, 7) is 0.905. The van der Waals surface area contributed by atoms with E-state index in [9.17, 15) is 0 Å². The second kappa shape index (κ2) is 3.25. The largest absolute Gasteiger partial charge is 0.389 e. The fourth-order valence-electron chi connectivity index (χ4n) is 0.560. The van der Waals surface area contributed by atoms with E-state index in [2.05, 4.69) is 0 Å².